The number of fused-ring (bicyclic) bond motifs is 2. The zero-order valence-electron chi connectivity index (χ0n) is 16.6. The standard InChI is InChI=1S/C22H23N3O5/c1-2-11-23-21(27)19-13-25(15-8-4-6-10-17(15)30-19)20(26)12-18-22(28)24-14-7-3-5-9-16(14)29-18/h3-10,18-19H,2,11-13H2,1H3,(H,23,27)(H,24,28)/t18-,19-/m1/s1. The smallest absolute Gasteiger partial charge is 0.266 e. The van der Waals surface area contributed by atoms with E-state index in [4.69, 9.17) is 9.47 Å². The van der Waals surface area contributed by atoms with E-state index in [0.29, 0.717) is 29.4 Å². The maximum Gasteiger partial charge on any atom is 0.266 e. The van der Waals surface area contributed by atoms with Crippen molar-refractivity contribution in [3.63, 3.8) is 0 Å². The van der Waals surface area contributed by atoms with Crippen LogP contribution in [-0.2, 0) is 14.4 Å². The average Bonchev–Trinajstić information content (AvgIpc) is 2.77. The van der Waals surface area contributed by atoms with Gasteiger partial charge in [0.2, 0.25) is 5.91 Å². The van der Waals surface area contributed by atoms with E-state index < -0.39 is 12.2 Å². The number of ether oxygens (including phenoxy) is 2. The second-order valence-electron chi connectivity index (χ2n) is 7.17. The van der Waals surface area contributed by atoms with E-state index in [-0.39, 0.29) is 30.7 Å². The number of amides is 3. The monoisotopic (exact) mass is 409 g/mol. The first-order valence-electron chi connectivity index (χ1n) is 9.97. The molecule has 2 atom stereocenters. The van der Waals surface area contributed by atoms with Crippen molar-refractivity contribution in [1.82, 2.24) is 5.32 Å². The first kappa shape index (κ1) is 19.8. The van der Waals surface area contributed by atoms with Gasteiger partial charge in [-0.3, -0.25) is 14.4 Å². The molecule has 2 aliphatic heterocycles. The largest absolute Gasteiger partial charge is 0.478 e. The van der Waals surface area contributed by atoms with Crippen LogP contribution in [0.15, 0.2) is 48.5 Å². The summed E-state index contributed by atoms with van der Waals surface area (Å²) in [5.74, 6) is 0.00588. The molecular weight excluding hydrogens is 386 g/mol. The fraction of sp³-hybridized carbons (Fsp3) is 0.318. The van der Waals surface area contributed by atoms with Gasteiger partial charge in [-0.1, -0.05) is 31.2 Å². The van der Waals surface area contributed by atoms with Crippen LogP contribution >= 0.6 is 0 Å². The third-order valence-electron chi connectivity index (χ3n) is 4.98. The predicted molar refractivity (Wildman–Crippen MR) is 111 cm³/mol. The van der Waals surface area contributed by atoms with Crippen LogP contribution in [0.3, 0.4) is 0 Å². The number of rotatable bonds is 5. The highest BCUT2D eigenvalue weighted by molar-refractivity contribution is 6.03. The number of nitrogens with one attached hydrogen (secondary N) is 2. The van der Waals surface area contributed by atoms with Crippen LogP contribution in [0.5, 0.6) is 11.5 Å². The molecule has 0 aliphatic carbocycles. The fourth-order valence-electron chi connectivity index (χ4n) is 3.46. The molecule has 2 aliphatic rings. The van der Waals surface area contributed by atoms with Crippen LogP contribution in [0.2, 0.25) is 0 Å². The average molecular weight is 409 g/mol. The van der Waals surface area contributed by atoms with Gasteiger partial charge in [0.25, 0.3) is 11.8 Å². The van der Waals surface area contributed by atoms with Gasteiger partial charge in [0.15, 0.2) is 12.2 Å². The fourth-order valence-corrected chi connectivity index (χ4v) is 3.46. The van der Waals surface area contributed by atoms with Crippen molar-refractivity contribution in [3.8, 4) is 11.5 Å². The van der Waals surface area contributed by atoms with E-state index in [2.05, 4.69) is 10.6 Å². The van der Waals surface area contributed by atoms with Crippen LogP contribution in [0.25, 0.3) is 0 Å². The molecule has 0 aromatic heterocycles. The summed E-state index contributed by atoms with van der Waals surface area (Å²) in [4.78, 5) is 39.5. The number of hydrogen-bond donors (Lipinski definition) is 2. The lowest BCUT2D eigenvalue weighted by Crippen LogP contribution is -2.52. The van der Waals surface area contributed by atoms with E-state index in [1.807, 2.05) is 6.92 Å². The van der Waals surface area contributed by atoms with Gasteiger partial charge < -0.3 is 25.0 Å². The number of nitrogens with zero attached hydrogens (tertiary/aromatic N) is 1. The minimum atomic E-state index is -0.949. The maximum atomic E-state index is 13.1. The summed E-state index contributed by atoms with van der Waals surface area (Å²) in [6.45, 7) is 2.56. The molecule has 156 valence electrons. The Hall–Kier alpha value is -3.55. The molecule has 2 heterocycles. The van der Waals surface area contributed by atoms with Gasteiger partial charge in [0.05, 0.1) is 24.3 Å². The Bertz CT molecular complexity index is 977. The molecule has 0 saturated heterocycles. The van der Waals surface area contributed by atoms with Crippen molar-refractivity contribution < 1.29 is 23.9 Å². The van der Waals surface area contributed by atoms with Gasteiger partial charge >= 0.3 is 0 Å². The summed E-state index contributed by atoms with van der Waals surface area (Å²) in [7, 11) is 0. The molecule has 2 aromatic rings. The van der Waals surface area contributed by atoms with Crippen LogP contribution in [0.1, 0.15) is 19.8 Å². The molecule has 0 radical (unpaired) electrons. The normalized spacial score (nSPS) is 19.5. The minimum Gasteiger partial charge on any atom is -0.478 e. The lowest BCUT2D eigenvalue weighted by atomic mass is 10.1. The van der Waals surface area contributed by atoms with E-state index in [9.17, 15) is 14.4 Å². The molecule has 30 heavy (non-hydrogen) atoms. The summed E-state index contributed by atoms with van der Waals surface area (Å²) in [6.07, 6.45) is -1.13. The maximum absolute atomic E-state index is 13.1. The number of hydrogen-bond acceptors (Lipinski definition) is 5. The molecule has 3 amide bonds. The lowest BCUT2D eigenvalue weighted by molar-refractivity contribution is -0.131. The van der Waals surface area contributed by atoms with Gasteiger partial charge in [0, 0.05) is 6.54 Å². The molecule has 0 fully saturated rings. The van der Waals surface area contributed by atoms with Gasteiger partial charge in [-0.2, -0.15) is 0 Å². The van der Waals surface area contributed by atoms with Crippen LogP contribution in [0.4, 0.5) is 11.4 Å². The molecule has 2 aromatic carbocycles. The summed E-state index contributed by atoms with van der Waals surface area (Å²) in [6, 6.07) is 14.1. The second kappa shape index (κ2) is 8.44. The van der Waals surface area contributed by atoms with Crippen molar-refractivity contribution in [1.29, 1.82) is 0 Å². The molecule has 4 rings (SSSR count). The minimum absolute atomic E-state index is 0.0658. The van der Waals surface area contributed by atoms with E-state index >= 15 is 0 Å². The van der Waals surface area contributed by atoms with Crippen molar-refractivity contribution in [3.05, 3.63) is 48.5 Å². The SMILES string of the molecule is CCCNC(=O)[C@H]1CN(C(=O)C[C@H]2Oc3ccccc3NC2=O)c2ccccc2O1. The van der Waals surface area contributed by atoms with E-state index in [1.165, 1.54) is 4.90 Å². The third kappa shape index (κ3) is 3.94. The molecule has 8 nitrogen and oxygen atoms in total. The zero-order chi connectivity index (χ0) is 21.1. The Labute approximate surface area is 174 Å². The third-order valence-corrected chi connectivity index (χ3v) is 4.98. The molecule has 0 saturated carbocycles. The van der Waals surface area contributed by atoms with Crippen LogP contribution in [0, 0.1) is 0 Å². The topological polar surface area (TPSA) is 97.0 Å². The van der Waals surface area contributed by atoms with Gasteiger partial charge in [0.1, 0.15) is 11.5 Å². The summed E-state index contributed by atoms with van der Waals surface area (Å²) >= 11 is 0. The highest BCUT2D eigenvalue weighted by Gasteiger charge is 2.37. The predicted octanol–water partition coefficient (Wildman–Crippen LogP) is 2.10. The highest BCUT2D eigenvalue weighted by Crippen LogP contribution is 2.35. The number of carbonyl (C=O) groups is 3. The zero-order valence-corrected chi connectivity index (χ0v) is 16.6. The number of carbonyl (C=O) groups excluding carboxylic acids is 3. The first-order chi connectivity index (χ1) is 14.6. The number of para-hydroxylation sites is 4. The highest BCUT2D eigenvalue weighted by atomic mass is 16.5. The first-order valence-corrected chi connectivity index (χ1v) is 9.97. The van der Waals surface area contributed by atoms with Crippen LogP contribution < -0.4 is 25.0 Å². The van der Waals surface area contributed by atoms with Gasteiger partial charge in [-0.25, -0.2) is 0 Å². The number of anilines is 2. The van der Waals surface area contributed by atoms with E-state index in [0.717, 1.165) is 6.42 Å². The van der Waals surface area contributed by atoms with Gasteiger partial charge in [-0.05, 0) is 30.7 Å². The Morgan fingerprint density at radius 3 is 2.63 bits per heavy atom. The molecule has 0 unspecified atom stereocenters. The van der Waals surface area contributed by atoms with Gasteiger partial charge in [-0.15, -0.1) is 0 Å². The summed E-state index contributed by atoms with van der Waals surface area (Å²) < 4.78 is 11.6. The Balaban J connectivity index is 1.52. The van der Waals surface area contributed by atoms with Crippen molar-refractivity contribution in [2.45, 2.75) is 32.0 Å². The van der Waals surface area contributed by atoms with Crippen molar-refractivity contribution in [2.75, 3.05) is 23.3 Å². The lowest BCUT2D eigenvalue weighted by Gasteiger charge is -2.35. The Morgan fingerprint density at radius 1 is 1.10 bits per heavy atom. The number of benzene rings is 2. The van der Waals surface area contributed by atoms with Crippen molar-refractivity contribution >= 4 is 29.1 Å². The van der Waals surface area contributed by atoms with Crippen LogP contribution in [-0.4, -0.2) is 43.0 Å². The molecule has 2 N–H and O–H groups in total. The van der Waals surface area contributed by atoms with E-state index in [1.54, 1.807) is 48.5 Å². The Kier molecular flexibility index (Phi) is 5.56. The Morgan fingerprint density at radius 2 is 1.83 bits per heavy atom. The molecule has 0 spiro atoms. The summed E-state index contributed by atoms with van der Waals surface area (Å²) in [5, 5.41) is 5.57. The van der Waals surface area contributed by atoms with Crippen molar-refractivity contribution in [2.24, 2.45) is 0 Å². The quantitative estimate of drug-likeness (QED) is 0.788. The molecular formula is C22H23N3O5. The molecule has 0 bridgehead atoms. The molecule has 8 heteroatoms. The second-order valence-corrected chi connectivity index (χ2v) is 7.17. The summed E-state index contributed by atoms with van der Waals surface area (Å²) in [5.41, 5.74) is 1.15.